The third-order valence-corrected chi connectivity index (χ3v) is 11.1. The van der Waals surface area contributed by atoms with Crippen LogP contribution in [0.25, 0.3) is 0 Å². The Morgan fingerprint density at radius 1 is 1.03 bits per heavy atom. The van der Waals surface area contributed by atoms with E-state index < -0.39 is 0 Å². The van der Waals surface area contributed by atoms with Crippen molar-refractivity contribution in [3.05, 3.63) is 11.6 Å². The molecular formula is C30H51NO2. The average Bonchev–Trinajstić information content (AvgIpc) is 3.09. The topological polar surface area (TPSA) is 40.5 Å². The molecule has 3 fully saturated rings. The second kappa shape index (κ2) is 9.32. The van der Waals surface area contributed by atoms with Crippen molar-refractivity contribution in [1.29, 1.82) is 0 Å². The molecule has 0 aromatic rings. The van der Waals surface area contributed by atoms with E-state index in [1.165, 1.54) is 38.5 Å². The van der Waals surface area contributed by atoms with Crippen molar-refractivity contribution in [2.75, 3.05) is 0 Å². The maximum absolute atomic E-state index is 13.0. The van der Waals surface area contributed by atoms with Gasteiger partial charge in [0.15, 0.2) is 0 Å². The van der Waals surface area contributed by atoms with Gasteiger partial charge in [-0.05, 0) is 126 Å². The number of aliphatic hydroxyl groups is 1. The Hall–Kier alpha value is -0.830. The van der Waals surface area contributed by atoms with Crippen molar-refractivity contribution in [2.45, 2.75) is 131 Å². The minimum absolute atomic E-state index is 0.114. The molecule has 3 heteroatoms. The lowest BCUT2D eigenvalue weighted by atomic mass is 9.47. The van der Waals surface area contributed by atoms with Gasteiger partial charge in [-0.3, -0.25) is 4.79 Å². The molecule has 0 aromatic heterocycles. The van der Waals surface area contributed by atoms with Gasteiger partial charge in [-0.2, -0.15) is 0 Å². The Morgan fingerprint density at radius 2 is 1.73 bits per heavy atom. The lowest BCUT2D eigenvalue weighted by Gasteiger charge is -2.58. The molecule has 0 spiro atoms. The highest BCUT2D eigenvalue weighted by atomic mass is 16.3. The van der Waals surface area contributed by atoms with E-state index in [-0.39, 0.29) is 18.2 Å². The monoisotopic (exact) mass is 457 g/mol. The number of aliphatic hydroxyl groups excluding tert-OH is 1. The van der Waals surface area contributed by atoms with Crippen LogP contribution in [0.15, 0.2) is 11.6 Å². The quantitative estimate of drug-likeness (QED) is 0.437. The summed E-state index contributed by atoms with van der Waals surface area (Å²) in [5.41, 5.74) is 2.35. The van der Waals surface area contributed by atoms with E-state index >= 15 is 0 Å². The first kappa shape index (κ1) is 25.3. The second-order valence-corrected chi connectivity index (χ2v) is 13.4. The molecule has 3 saturated carbocycles. The molecule has 0 heterocycles. The summed E-state index contributed by atoms with van der Waals surface area (Å²) < 4.78 is 0. The van der Waals surface area contributed by atoms with E-state index in [2.05, 4.69) is 59.4 Å². The van der Waals surface area contributed by atoms with Crippen LogP contribution in [-0.2, 0) is 4.79 Å². The molecule has 4 aliphatic rings. The van der Waals surface area contributed by atoms with Gasteiger partial charge in [-0.15, -0.1) is 0 Å². The molecule has 3 nitrogen and oxygen atoms in total. The van der Waals surface area contributed by atoms with Crippen molar-refractivity contribution < 1.29 is 9.90 Å². The number of amides is 1. The van der Waals surface area contributed by atoms with Gasteiger partial charge in [-0.1, -0.05) is 32.4 Å². The van der Waals surface area contributed by atoms with Gasteiger partial charge in [0, 0.05) is 18.5 Å². The highest BCUT2D eigenvalue weighted by Gasteiger charge is 2.59. The molecule has 8 atom stereocenters. The normalized spacial score (nSPS) is 41.3. The Morgan fingerprint density at radius 3 is 2.39 bits per heavy atom. The van der Waals surface area contributed by atoms with E-state index in [1.807, 2.05) is 0 Å². The second-order valence-electron chi connectivity index (χ2n) is 13.4. The summed E-state index contributed by atoms with van der Waals surface area (Å²) in [4.78, 5) is 15.1. The van der Waals surface area contributed by atoms with Crippen molar-refractivity contribution in [2.24, 2.45) is 40.4 Å². The lowest BCUT2D eigenvalue weighted by Crippen LogP contribution is -2.50. The molecule has 1 N–H and O–H groups in total. The Balaban J connectivity index is 1.44. The van der Waals surface area contributed by atoms with E-state index in [0.717, 1.165) is 42.9 Å². The van der Waals surface area contributed by atoms with Gasteiger partial charge < -0.3 is 10.0 Å². The maximum atomic E-state index is 13.0. The first-order valence-electron chi connectivity index (χ1n) is 14.2. The van der Waals surface area contributed by atoms with Gasteiger partial charge in [0.1, 0.15) is 0 Å². The van der Waals surface area contributed by atoms with Crippen LogP contribution in [0.1, 0.15) is 113 Å². The number of rotatable bonds is 6. The van der Waals surface area contributed by atoms with E-state index in [4.69, 9.17) is 0 Å². The average molecular weight is 458 g/mol. The number of carbonyl (C=O) groups is 1. The fourth-order valence-corrected chi connectivity index (χ4v) is 9.47. The van der Waals surface area contributed by atoms with Crippen LogP contribution < -0.4 is 0 Å². The van der Waals surface area contributed by atoms with Crippen molar-refractivity contribution >= 4 is 5.91 Å². The molecule has 0 bridgehead atoms. The van der Waals surface area contributed by atoms with Gasteiger partial charge in [0.2, 0.25) is 5.91 Å². The Labute approximate surface area is 203 Å². The molecule has 4 rings (SSSR count). The minimum Gasteiger partial charge on any atom is -0.393 e. The van der Waals surface area contributed by atoms with Crippen LogP contribution in [0.5, 0.6) is 0 Å². The van der Waals surface area contributed by atoms with Crippen LogP contribution in [0.2, 0.25) is 0 Å². The Kier molecular flexibility index (Phi) is 7.14. The van der Waals surface area contributed by atoms with Crippen LogP contribution >= 0.6 is 0 Å². The molecule has 1 amide bonds. The van der Waals surface area contributed by atoms with E-state index in [0.29, 0.717) is 29.1 Å². The largest absolute Gasteiger partial charge is 0.393 e. The minimum atomic E-state index is -0.114. The van der Waals surface area contributed by atoms with Crippen LogP contribution in [0, 0.1) is 40.4 Å². The predicted octanol–water partition coefficient (Wildman–Crippen LogP) is 6.99. The summed E-state index contributed by atoms with van der Waals surface area (Å²) in [5, 5.41) is 10.3. The summed E-state index contributed by atoms with van der Waals surface area (Å²) >= 11 is 0. The van der Waals surface area contributed by atoms with Crippen molar-refractivity contribution in [3.63, 3.8) is 0 Å². The van der Waals surface area contributed by atoms with Gasteiger partial charge in [0.25, 0.3) is 0 Å². The maximum Gasteiger partial charge on any atom is 0.223 e. The zero-order valence-corrected chi connectivity index (χ0v) is 22.6. The highest BCUT2D eigenvalue weighted by molar-refractivity contribution is 5.76. The predicted molar refractivity (Wildman–Crippen MR) is 137 cm³/mol. The smallest absolute Gasteiger partial charge is 0.223 e. The first-order chi connectivity index (χ1) is 15.5. The number of allylic oxidation sites excluding steroid dienone is 1. The molecular weight excluding hydrogens is 406 g/mol. The highest BCUT2D eigenvalue weighted by Crippen LogP contribution is 2.67. The summed E-state index contributed by atoms with van der Waals surface area (Å²) in [6.45, 7) is 16.1. The zero-order valence-electron chi connectivity index (χ0n) is 22.6. The molecule has 4 aliphatic carbocycles. The van der Waals surface area contributed by atoms with Crippen LogP contribution in [0.3, 0.4) is 0 Å². The SMILES string of the molecule is CC(C)N(C(=O)CC[C@@H](C)[C@H]1CC[C@H]2[C@@H]3CC=C4C[C@@H](O)CC[C@]4(C)[C@H]3CC[C@]12C)C(C)C. The summed E-state index contributed by atoms with van der Waals surface area (Å²) in [6, 6.07) is 0.561. The lowest BCUT2D eigenvalue weighted by molar-refractivity contribution is -0.135. The molecule has 0 aromatic carbocycles. The molecule has 0 radical (unpaired) electrons. The van der Waals surface area contributed by atoms with Crippen molar-refractivity contribution in [3.8, 4) is 0 Å². The van der Waals surface area contributed by atoms with E-state index in [9.17, 15) is 9.90 Å². The number of hydrogen-bond donors (Lipinski definition) is 1. The standard InChI is InChI=1S/C30H51NO2/c1-19(2)31(20(3)4)28(33)13-8-21(5)25-11-12-26-24-10-9-22-18-23(32)14-16-29(22,6)27(24)15-17-30(25,26)7/h9,19-21,23-27,32H,8,10-18H2,1-7H3/t21-,23+,24+,25-,26+,27+,29+,30-/m1/s1. The zero-order chi connectivity index (χ0) is 24.1. The molecule has 0 unspecified atom stereocenters. The number of hydrogen-bond acceptors (Lipinski definition) is 2. The van der Waals surface area contributed by atoms with Crippen LogP contribution in [0.4, 0.5) is 0 Å². The number of carbonyl (C=O) groups excluding carboxylic acids is 1. The van der Waals surface area contributed by atoms with Gasteiger partial charge >= 0.3 is 0 Å². The van der Waals surface area contributed by atoms with Crippen LogP contribution in [-0.4, -0.2) is 34.1 Å². The fraction of sp³-hybridized carbons (Fsp3) is 0.900. The molecule has 188 valence electrons. The third kappa shape index (κ3) is 4.34. The number of nitrogens with zero attached hydrogens (tertiary/aromatic N) is 1. The Bertz CT molecular complexity index is 748. The van der Waals surface area contributed by atoms with E-state index in [1.54, 1.807) is 5.57 Å². The van der Waals surface area contributed by atoms with Crippen molar-refractivity contribution in [1.82, 2.24) is 4.90 Å². The number of fused-ring (bicyclic) bond motifs is 5. The summed E-state index contributed by atoms with van der Waals surface area (Å²) in [7, 11) is 0. The summed E-state index contributed by atoms with van der Waals surface area (Å²) in [5.74, 6) is 4.19. The molecule has 33 heavy (non-hydrogen) atoms. The summed E-state index contributed by atoms with van der Waals surface area (Å²) in [6.07, 6.45) is 13.9. The third-order valence-electron chi connectivity index (χ3n) is 11.1. The molecule has 0 saturated heterocycles. The van der Waals surface area contributed by atoms with Gasteiger partial charge in [-0.25, -0.2) is 0 Å². The first-order valence-corrected chi connectivity index (χ1v) is 14.2. The van der Waals surface area contributed by atoms with Gasteiger partial charge in [0.05, 0.1) is 6.10 Å². The fourth-order valence-electron chi connectivity index (χ4n) is 9.47. The molecule has 0 aliphatic heterocycles.